The summed E-state index contributed by atoms with van der Waals surface area (Å²) in [5, 5.41) is 14.8. The highest BCUT2D eigenvalue weighted by Crippen LogP contribution is 2.21. The molecule has 1 saturated heterocycles. The zero-order valence-electron chi connectivity index (χ0n) is 18.9. The van der Waals surface area contributed by atoms with Gasteiger partial charge in [-0.05, 0) is 62.8 Å². The number of aliphatic hydroxyl groups excluding tert-OH is 1. The quantitative estimate of drug-likeness (QED) is 0.527. The third-order valence-electron chi connectivity index (χ3n) is 5.89. The summed E-state index contributed by atoms with van der Waals surface area (Å²) >= 11 is 0. The molecule has 1 fully saturated rings. The summed E-state index contributed by atoms with van der Waals surface area (Å²) in [5.41, 5.74) is 3.42. The van der Waals surface area contributed by atoms with Crippen molar-refractivity contribution >= 4 is 0 Å². The summed E-state index contributed by atoms with van der Waals surface area (Å²) in [6, 6.07) is 18.5. The standard InChI is InChI=1S/C26H34N4O2/c1-28(18-22-9-7-11-24(17-22)30-16-8-13-27-30)19-23-10-3-4-12-26(23)32-21-25(31)20-29-14-5-2-6-15-29/h3-4,7-13,16-17,25,31H,2,5-6,14-15,18-21H2,1H3. The maximum absolute atomic E-state index is 10.5. The number of para-hydroxylation sites is 1. The van der Waals surface area contributed by atoms with E-state index in [9.17, 15) is 5.11 Å². The third-order valence-corrected chi connectivity index (χ3v) is 5.89. The van der Waals surface area contributed by atoms with Crippen LogP contribution in [0.5, 0.6) is 5.75 Å². The van der Waals surface area contributed by atoms with Crippen molar-refractivity contribution in [3.63, 3.8) is 0 Å². The Morgan fingerprint density at radius 1 is 1.03 bits per heavy atom. The molecule has 0 bridgehead atoms. The number of benzene rings is 2. The SMILES string of the molecule is CN(Cc1cccc(-n2cccn2)c1)Cc1ccccc1OCC(O)CN1CCCCC1. The molecule has 3 aromatic rings. The van der Waals surface area contributed by atoms with Gasteiger partial charge in [-0.3, -0.25) is 4.90 Å². The van der Waals surface area contributed by atoms with Crippen molar-refractivity contribution < 1.29 is 9.84 Å². The first-order chi connectivity index (χ1) is 15.7. The van der Waals surface area contributed by atoms with Crippen molar-refractivity contribution in [1.82, 2.24) is 19.6 Å². The summed E-state index contributed by atoms with van der Waals surface area (Å²) in [5.74, 6) is 0.849. The smallest absolute Gasteiger partial charge is 0.123 e. The van der Waals surface area contributed by atoms with Crippen LogP contribution in [0.1, 0.15) is 30.4 Å². The maximum Gasteiger partial charge on any atom is 0.123 e. The lowest BCUT2D eigenvalue weighted by Crippen LogP contribution is -2.38. The molecule has 1 aliphatic heterocycles. The highest BCUT2D eigenvalue weighted by atomic mass is 16.5. The van der Waals surface area contributed by atoms with Crippen LogP contribution in [0.15, 0.2) is 67.0 Å². The topological polar surface area (TPSA) is 53.8 Å². The Morgan fingerprint density at radius 2 is 1.88 bits per heavy atom. The molecule has 1 aliphatic rings. The number of aromatic nitrogens is 2. The Morgan fingerprint density at radius 3 is 2.69 bits per heavy atom. The first-order valence-electron chi connectivity index (χ1n) is 11.6. The summed E-state index contributed by atoms with van der Waals surface area (Å²) in [6.07, 6.45) is 7.04. The molecular formula is C26H34N4O2. The lowest BCUT2D eigenvalue weighted by atomic mass is 10.1. The highest BCUT2D eigenvalue weighted by molar-refractivity contribution is 5.36. The average molecular weight is 435 g/mol. The van der Waals surface area contributed by atoms with E-state index in [1.165, 1.54) is 24.8 Å². The van der Waals surface area contributed by atoms with E-state index >= 15 is 0 Å². The number of β-amino-alcohol motifs (C(OH)–C–C–N with tert-alkyl or cyclic N) is 1. The van der Waals surface area contributed by atoms with E-state index in [2.05, 4.69) is 52.3 Å². The highest BCUT2D eigenvalue weighted by Gasteiger charge is 2.16. The number of nitrogens with zero attached hydrogens (tertiary/aromatic N) is 4. The molecule has 0 amide bonds. The molecule has 0 radical (unpaired) electrons. The fraction of sp³-hybridized carbons (Fsp3) is 0.423. The Labute approximate surface area is 191 Å². The van der Waals surface area contributed by atoms with E-state index in [-0.39, 0.29) is 0 Å². The van der Waals surface area contributed by atoms with Crippen LogP contribution >= 0.6 is 0 Å². The molecule has 6 heteroatoms. The lowest BCUT2D eigenvalue weighted by molar-refractivity contribution is 0.0612. The Hall–Kier alpha value is -2.67. The van der Waals surface area contributed by atoms with Crippen LogP contribution in [0.25, 0.3) is 5.69 Å². The molecule has 1 N–H and O–H groups in total. The van der Waals surface area contributed by atoms with Crippen molar-refractivity contribution in [3.8, 4) is 11.4 Å². The Bertz CT molecular complexity index is 954. The number of ether oxygens (including phenoxy) is 1. The molecule has 2 aromatic carbocycles. The molecule has 4 rings (SSSR count). The van der Waals surface area contributed by atoms with E-state index in [1.54, 1.807) is 6.20 Å². The zero-order valence-corrected chi connectivity index (χ0v) is 18.9. The van der Waals surface area contributed by atoms with Gasteiger partial charge >= 0.3 is 0 Å². The fourth-order valence-corrected chi connectivity index (χ4v) is 4.33. The summed E-state index contributed by atoms with van der Waals surface area (Å²) in [7, 11) is 2.11. The number of piperidine rings is 1. The van der Waals surface area contributed by atoms with Crippen LogP contribution in [0, 0.1) is 0 Å². The van der Waals surface area contributed by atoms with Gasteiger partial charge in [-0.25, -0.2) is 4.68 Å². The monoisotopic (exact) mass is 434 g/mol. The number of hydrogen-bond acceptors (Lipinski definition) is 5. The lowest BCUT2D eigenvalue weighted by Gasteiger charge is -2.28. The van der Waals surface area contributed by atoms with Crippen LogP contribution in [0.3, 0.4) is 0 Å². The van der Waals surface area contributed by atoms with Crippen molar-refractivity contribution in [2.24, 2.45) is 0 Å². The maximum atomic E-state index is 10.5. The predicted molar refractivity (Wildman–Crippen MR) is 127 cm³/mol. The molecule has 0 spiro atoms. The van der Waals surface area contributed by atoms with E-state index in [0.717, 1.165) is 43.2 Å². The first kappa shape index (κ1) is 22.5. The summed E-state index contributed by atoms with van der Waals surface area (Å²) in [4.78, 5) is 4.61. The van der Waals surface area contributed by atoms with Gasteiger partial charge in [0, 0.05) is 37.6 Å². The minimum atomic E-state index is -0.469. The van der Waals surface area contributed by atoms with E-state index in [0.29, 0.717) is 13.2 Å². The van der Waals surface area contributed by atoms with Crippen molar-refractivity contribution in [2.45, 2.75) is 38.5 Å². The number of likely N-dealkylation sites (tertiary alicyclic amines) is 1. The van der Waals surface area contributed by atoms with Gasteiger partial charge < -0.3 is 14.7 Å². The third kappa shape index (κ3) is 6.42. The van der Waals surface area contributed by atoms with Crippen molar-refractivity contribution in [2.75, 3.05) is 33.3 Å². The molecule has 1 atom stereocenters. The largest absolute Gasteiger partial charge is 0.491 e. The Kier molecular flexibility index (Phi) is 7.93. The van der Waals surface area contributed by atoms with Crippen LogP contribution in [-0.4, -0.2) is 64.1 Å². The van der Waals surface area contributed by atoms with Crippen LogP contribution in [0.4, 0.5) is 0 Å². The average Bonchev–Trinajstić information content (AvgIpc) is 3.34. The van der Waals surface area contributed by atoms with Gasteiger partial charge in [-0.2, -0.15) is 5.10 Å². The second-order valence-corrected chi connectivity index (χ2v) is 8.73. The second-order valence-electron chi connectivity index (χ2n) is 8.73. The first-order valence-corrected chi connectivity index (χ1v) is 11.6. The van der Waals surface area contributed by atoms with Gasteiger partial charge in [0.15, 0.2) is 0 Å². The number of rotatable bonds is 10. The van der Waals surface area contributed by atoms with Crippen molar-refractivity contribution in [1.29, 1.82) is 0 Å². The fourth-order valence-electron chi connectivity index (χ4n) is 4.33. The molecule has 6 nitrogen and oxygen atoms in total. The minimum absolute atomic E-state index is 0.323. The second kappa shape index (κ2) is 11.3. The van der Waals surface area contributed by atoms with E-state index < -0.39 is 6.10 Å². The van der Waals surface area contributed by atoms with Gasteiger partial charge in [0.25, 0.3) is 0 Å². The Balaban J connectivity index is 1.32. The van der Waals surface area contributed by atoms with E-state index in [1.807, 2.05) is 35.1 Å². The van der Waals surface area contributed by atoms with Crippen LogP contribution < -0.4 is 4.74 Å². The molecule has 2 heterocycles. The molecule has 170 valence electrons. The number of aliphatic hydroxyl groups is 1. The normalized spacial score (nSPS) is 15.7. The molecule has 1 unspecified atom stereocenters. The summed E-state index contributed by atoms with van der Waals surface area (Å²) in [6.45, 7) is 4.77. The molecule has 0 aliphatic carbocycles. The molecule has 32 heavy (non-hydrogen) atoms. The van der Waals surface area contributed by atoms with Gasteiger partial charge in [-0.1, -0.05) is 36.8 Å². The van der Waals surface area contributed by atoms with Gasteiger partial charge in [0.05, 0.1) is 5.69 Å². The van der Waals surface area contributed by atoms with Gasteiger partial charge in [0.2, 0.25) is 0 Å². The van der Waals surface area contributed by atoms with E-state index in [4.69, 9.17) is 4.74 Å². The number of hydrogen-bond donors (Lipinski definition) is 1. The van der Waals surface area contributed by atoms with Gasteiger partial charge in [0.1, 0.15) is 18.5 Å². The van der Waals surface area contributed by atoms with Crippen molar-refractivity contribution in [3.05, 3.63) is 78.1 Å². The molecule has 0 saturated carbocycles. The predicted octanol–water partition coefficient (Wildman–Crippen LogP) is 3.73. The van der Waals surface area contributed by atoms with Crippen LogP contribution in [0.2, 0.25) is 0 Å². The summed E-state index contributed by atoms with van der Waals surface area (Å²) < 4.78 is 7.92. The zero-order chi connectivity index (χ0) is 22.2. The molecular weight excluding hydrogens is 400 g/mol. The van der Waals surface area contributed by atoms with Crippen LogP contribution in [-0.2, 0) is 13.1 Å². The van der Waals surface area contributed by atoms with Gasteiger partial charge in [-0.15, -0.1) is 0 Å². The minimum Gasteiger partial charge on any atom is -0.491 e. The molecule has 1 aromatic heterocycles.